The first-order valence-electron chi connectivity index (χ1n) is 7.38. The van der Waals surface area contributed by atoms with Crippen LogP contribution in [-0.2, 0) is 11.4 Å². The van der Waals surface area contributed by atoms with Crippen molar-refractivity contribution in [1.82, 2.24) is 5.43 Å². The van der Waals surface area contributed by atoms with E-state index in [4.69, 9.17) is 15.3 Å². The van der Waals surface area contributed by atoms with Crippen molar-refractivity contribution < 1.29 is 14.3 Å². The van der Waals surface area contributed by atoms with E-state index >= 15 is 0 Å². The first kappa shape index (κ1) is 15.1. The van der Waals surface area contributed by atoms with E-state index in [1.165, 1.54) is 0 Å². The summed E-state index contributed by atoms with van der Waals surface area (Å²) in [7, 11) is 0. The third-order valence-corrected chi connectivity index (χ3v) is 3.63. The lowest BCUT2D eigenvalue weighted by Crippen LogP contribution is -2.30. The van der Waals surface area contributed by atoms with Crippen molar-refractivity contribution >= 4 is 11.5 Å². The van der Waals surface area contributed by atoms with Gasteiger partial charge in [-0.25, -0.2) is 5.84 Å². The van der Waals surface area contributed by atoms with Gasteiger partial charge in [0, 0.05) is 11.6 Å². The summed E-state index contributed by atoms with van der Waals surface area (Å²) in [5, 5.41) is 0. The zero-order chi connectivity index (χ0) is 16.1. The monoisotopic (exact) mass is 310 g/mol. The molecule has 0 bridgehead atoms. The Morgan fingerprint density at radius 1 is 1.22 bits per heavy atom. The molecule has 1 amide bonds. The molecule has 1 aliphatic rings. The van der Waals surface area contributed by atoms with E-state index in [9.17, 15) is 4.79 Å². The molecule has 3 N–H and O–H groups in total. The maximum Gasteiger partial charge on any atom is 0.238 e. The number of benzene rings is 2. The number of rotatable bonds is 5. The van der Waals surface area contributed by atoms with Crippen LogP contribution in [0.25, 0.3) is 5.57 Å². The standard InChI is InChI=1S/C18H18N2O3/c19-20-18(21)10-14-8-9-22-17-11-15(6-7-16(14)17)23-12-13-4-2-1-3-5-13/h1-8,11H,9-10,12,19H2,(H,20,21). The van der Waals surface area contributed by atoms with Crippen molar-refractivity contribution in [2.45, 2.75) is 13.0 Å². The SMILES string of the molecule is NNC(=O)CC1=CCOc2cc(OCc3ccccc3)ccc21. The van der Waals surface area contributed by atoms with Crippen LogP contribution >= 0.6 is 0 Å². The topological polar surface area (TPSA) is 73.6 Å². The van der Waals surface area contributed by atoms with E-state index < -0.39 is 0 Å². The Kier molecular flexibility index (Phi) is 4.59. The van der Waals surface area contributed by atoms with Crippen LogP contribution in [0.4, 0.5) is 0 Å². The Hall–Kier alpha value is -2.79. The number of nitrogens with one attached hydrogen (secondary N) is 1. The number of carbonyl (C=O) groups excluding carboxylic acids is 1. The van der Waals surface area contributed by atoms with Crippen molar-refractivity contribution in [2.24, 2.45) is 5.84 Å². The Morgan fingerprint density at radius 2 is 2.04 bits per heavy atom. The van der Waals surface area contributed by atoms with Gasteiger partial charge in [-0.15, -0.1) is 0 Å². The minimum atomic E-state index is -0.228. The Balaban J connectivity index is 1.72. The van der Waals surface area contributed by atoms with Gasteiger partial charge in [0.15, 0.2) is 0 Å². The molecule has 3 rings (SSSR count). The number of ether oxygens (including phenoxy) is 2. The molecule has 5 nitrogen and oxygen atoms in total. The third kappa shape index (κ3) is 3.70. The van der Waals surface area contributed by atoms with Crippen LogP contribution in [0.2, 0.25) is 0 Å². The maximum absolute atomic E-state index is 11.5. The number of hydrogen-bond acceptors (Lipinski definition) is 4. The van der Waals surface area contributed by atoms with Crippen LogP contribution < -0.4 is 20.7 Å². The van der Waals surface area contributed by atoms with Crippen LogP contribution in [0.5, 0.6) is 11.5 Å². The van der Waals surface area contributed by atoms with Gasteiger partial charge in [0.2, 0.25) is 5.91 Å². The molecule has 2 aromatic rings. The number of nitrogens with two attached hydrogens (primary N) is 1. The van der Waals surface area contributed by atoms with Gasteiger partial charge in [-0.1, -0.05) is 30.3 Å². The Labute approximate surface area is 134 Å². The van der Waals surface area contributed by atoms with Crippen molar-refractivity contribution in [2.75, 3.05) is 6.61 Å². The quantitative estimate of drug-likeness (QED) is 0.505. The lowest BCUT2D eigenvalue weighted by molar-refractivity contribution is -0.120. The minimum absolute atomic E-state index is 0.228. The van der Waals surface area contributed by atoms with Crippen LogP contribution in [0, 0.1) is 0 Å². The van der Waals surface area contributed by atoms with Crippen molar-refractivity contribution in [3.63, 3.8) is 0 Å². The van der Waals surface area contributed by atoms with Crippen molar-refractivity contribution in [3.8, 4) is 11.5 Å². The second kappa shape index (κ2) is 6.98. The largest absolute Gasteiger partial charge is 0.489 e. The molecule has 0 aromatic heterocycles. The van der Waals surface area contributed by atoms with Gasteiger partial charge in [0.1, 0.15) is 24.7 Å². The summed E-state index contributed by atoms with van der Waals surface area (Å²) in [6, 6.07) is 15.6. The van der Waals surface area contributed by atoms with E-state index in [1.54, 1.807) is 0 Å². The fraction of sp³-hybridized carbons (Fsp3) is 0.167. The fourth-order valence-corrected chi connectivity index (χ4v) is 2.45. The molecule has 23 heavy (non-hydrogen) atoms. The predicted molar refractivity (Wildman–Crippen MR) is 87.6 cm³/mol. The van der Waals surface area contributed by atoms with Crippen LogP contribution in [0.1, 0.15) is 17.5 Å². The van der Waals surface area contributed by atoms with E-state index in [1.807, 2.05) is 54.6 Å². The molecule has 2 aromatic carbocycles. The highest BCUT2D eigenvalue weighted by Crippen LogP contribution is 2.34. The molecular weight excluding hydrogens is 292 g/mol. The first-order chi connectivity index (χ1) is 11.3. The van der Waals surface area contributed by atoms with Gasteiger partial charge in [-0.2, -0.15) is 0 Å². The number of hydrazine groups is 1. The molecule has 0 spiro atoms. The zero-order valence-electron chi connectivity index (χ0n) is 12.6. The summed E-state index contributed by atoms with van der Waals surface area (Å²) >= 11 is 0. The Bertz CT molecular complexity index is 726. The molecule has 1 heterocycles. The average molecular weight is 310 g/mol. The number of carbonyl (C=O) groups is 1. The van der Waals surface area contributed by atoms with Gasteiger partial charge in [0.25, 0.3) is 0 Å². The summed E-state index contributed by atoms with van der Waals surface area (Å²) in [4.78, 5) is 11.5. The van der Waals surface area contributed by atoms with Crippen LogP contribution in [0.3, 0.4) is 0 Å². The van der Waals surface area contributed by atoms with E-state index in [0.717, 1.165) is 28.2 Å². The molecule has 1 aliphatic heterocycles. The molecule has 0 radical (unpaired) electrons. The predicted octanol–water partition coefficient (Wildman–Crippen LogP) is 2.42. The first-order valence-corrected chi connectivity index (χ1v) is 7.38. The molecule has 0 aliphatic carbocycles. The van der Waals surface area contributed by atoms with Gasteiger partial charge >= 0.3 is 0 Å². The molecule has 118 valence electrons. The van der Waals surface area contributed by atoms with Gasteiger partial charge in [-0.3, -0.25) is 10.2 Å². The summed E-state index contributed by atoms with van der Waals surface area (Å²) in [6.07, 6.45) is 2.12. The molecule has 0 saturated carbocycles. The number of hydrogen-bond donors (Lipinski definition) is 2. The summed E-state index contributed by atoms with van der Waals surface area (Å²) < 4.78 is 11.4. The lowest BCUT2D eigenvalue weighted by atomic mass is 9.99. The zero-order valence-corrected chi connectivity index (χ0v) is 12.6. The van der Waals surface area contributed by atoms with Crippen molar-refractivity contribution in [3.05, 3.63) is 65.7 Å². The average Bonchev–Trinajstić information content (AvgIpc) is 2.60. The molecule has 0 saturated heterocycles. The highest BCUT2D eigenvalue weighted by molar-refractivity contribution is 5.90. The highest BCUT2D eigenvalue weighted by atomic mass is 16.5. The van der Waals surface area contributed by atoms with E-state index in [2.05, 4.69) is 5.43 Å². The highest BCUT2D eigenvalue weighted by Gasteiger charge is 2.17. The summed E-state index contributed by atoms with van der Waals surface area (Å²) in [5.41, 5.74) is 5.05. The van der Waals surface area contributed by atoms with Gasteiger partial charge in [-0.05, 0) is 29.3 Å². The second-order valence-electron chi connectivity index (χ2n) is 5.22. The Morgan fingerprint density at radius 3 is 2.83 bits per heavy atom. The molecule has 0 atom stereocenters. The summed E-state index contributed by atoms with van der Waals surface area (Å²) in [6.45, 7) is 0.931. The van der Waals surface area contributed by atoms with Gasteiger partial charge < -0.3 is 9.47 Å². The smallest absolute Gasteiger partial charge is 0.238 e. The van der Waals surface area contributed by atoms with Crippen molar-refractivity contribution in [1.29, 1.82) is 0 Å². The number of amides is 1. The molecular formula is C18H18N2O3. The summed E-state index contributed by atoms with van der Waals surface area (Å²) in [5.74, 6) is 6.38. The van der Waals surface area contributed by atoms with E-state index in [0.29, 0.717) is 13.2 Å². The lowest BCUT2D eigenvalue weighted by Gasteiger charge is -2.19. The van der Waals surface area contributed by atoms with Gasteiger partial charge in [0.05, 0.1) is 6.42 Å². The molecule has 5 heteroatoms. The maximum atomic E-state index is 11.5. The number of fused-ring (bicyclic) bond motifs is 1. The molecule has 0 unspecified atom stereocenters. The van der Waals surface area contributed by atoms with Crippen LogP contribution in [-0.4, -0.2) is 12.5 Å². The normalized spacial score (nSPS) is 12.7. The molecule has 0 fully saturated rings. The third-order valence-electron chi connectivity index (χ3n) is 3.63. The fourth-order valence-electron chi connectivity index (χ4n) is 2.45. The van der Waals surface area contributed by atoms with Crippen LogP contribution in [0.15, 0.2) is 54.6 Å². The second-order valence-corrected chi connectivity index (χ2v) is 5.22. The minimum Gasteiger partial charge on any atom is -0.489 e. The van der Waals surface area contributed by atoms with E-state index in [-0.39, 0.29) is 12.3 Å².